The topological polar surface area (TPSA) is 35.5 Å². The Hall–Kier alpha value is -1.35. The van der Waals surface area contributed by atoms with E-state index in [1.54, 1.807) is 7.11 Å². The minimum absolute atomic E-state index is 0.142. The lowest BCUT2D eigenvalue weighted by Gasteiger charge is -2.23. The fraction of sp³-hybridized carbons (Fsp3) is 0.462. The van der Waals surface area contributed by atoms with E-state index in [2.05, 4.69) is 0 Å². The predicted octanol–water partition coefficient (Wildman–Crippen LogP) is 2.42. The van der Waals surface area contributed by atoms with Gasteiger partial charge in [-0.15, -0.1) is 0 Å². The van der Waals surface area contributed by atoms with Gasteiger partial charge in [0.25, 0.3) is 0 Å². The Balaban J connectivity index is 2.28. The normalized spacial score (nSPS) is 20.9. The quantitative estimate of drug-likeness (QED) is 0.767. The molecule has 3 nitrogen and oxygen atoms in total. The van der Waals surface area contributed by atoms with Crippen LogP contribution in [-0.4, -0.2) is 19.5 Å². The summed E-state index contributed by atoms with van der Waals surface area (Å²) in [5.41, 5.74) is 2.11. The Morgan fingerprint density at radius 1 is 1.44 bits per heavy atom. The second-order valence-corrected chi connectivity index (χ2v) is 4.10. The summed E-state index contributed by atoms with van der Waals surface area (Å²) >= 11 is 0. The summed E-state index contributed by atoms with van der Waals surface area (Å²) in [6.07, 6.45) is 0.848. The van der Waals surface area contributed by atoms with Crippen molar-refractivity contribution in [2.75, 3.05) is 13.7 Å². The molecule has 0 bridgehead atoms. The van der Waals surface area contributed by atoms with Gasteiger partial charge in [-0.05, 0) is 18.6 Å². The van der Waals surface area contributed by atoms with Gasteiger partial charge in [0, 0.05) is 18.4 Å². The predicted molar refractivity (Wildman–Crippen MR) is 60.7 cm³/mol. The van der Waals surface area contributed by atoms with Gasteiger partial charge in [-0.1, -0.05) is 12.1 Å². The number of aryl methyl sites for hydroxylation is 1. The second kappa shape index (κ2) is 4.66. The summed E-state index contributed by atoms with van der Waals surface area (Å²) in [4.78, 5) is 11.4. The summed E-state index contributed by atoms with van der Waals surface area (Å²) in [6.45, 7) is 2.53. The third-order valence-corrected chi connectivity index (χ3v) is 2.85. The first kappa shape index (κ1) is 11.1. The van der Waals surface area contributed by atoms with E-state index >= 15 is 0 Å². The first-order valence-electron chi connectivity index (χ1n) is 5.48. The number of carbonyl (C=O) groups excluding carboxylic acids is 1. The molecule has 1 aliphatic heterocycles. The fourth-order valence-electron chi connectivity index (χ4n) is 1.97. The number of ketones is 1. The summed E-state index contributed by atoms with van der Waals surface area (Å²) < 4.78 is 10.9. The van der Waals surface area contributed by atoms with Crippen molar-refractivity contribution in [3.05, 3.63) is 29.3 Å². The van der Waals surface area contributed by atoms with E-state index in [9.17, 15) is 4.79 Å². The van der Waals surface area contributed by atoms with Gasteiger partial charge in [-0.2, -0.15) is 0 Å². The van der Waals surface area contributed by atoms with Crippen LogP contribution in [0.25, 0.3) is 0 Å². The first-order chi connectivity index (χ1) is 7.70. The van der Waals surface area contributed by atoms with Crippen LogP contribution in [0.1, 0.15) is 30.1 Å². The summed E-state index contributed by atoms with van der Waals surface area (Å²) in [5.74, 6) is 1.07. The molecule has 0 aliphatic carbocycles. The zero-order valence-electron chi connectivity index (χ0n) is 9.66. The molecular formula is C13H16O3. The minimum atomic E-state index is -0.142. The lowest BCUT2D eigenvalue weighted by atomic mass is 9.98. The highest BCUT2D eigenvalue weighted by molar-refractivity contribution is 5.79. The van der Waals surface area contributed by atoms with Crippen LogP contribution >= 0.6 is 0 Å². The van der Waals surface area contributed by atoms with Crippen LogP contribution < -0.4 is 4.74 Å². The molecule has 1 unspecified atom stereocenters. The molecule has 1 fully saturated rings. The number of Topliss-reactive ketones (excluding diaryl/α,β-unsaturated/α-hetero) is 1. The minimum Gasteiger partial charge on any atom is -0.496 e. The van der Waals surface area contributed by atoms with Crippen molar-refractivity contribution < 1.29 is 14.3 Å². The molecule has 16 heavy (non-hydrogen) atoms. The molecule has 2 rings (SSSR count). The molecule has 1 aromatic rings. The third-order valence-electron chi connectivity index (χ3n) is 2.85. The van der Waals surface area contributed by atoms with Crippen molar-refractivity contribution in [2.24, 2.45) is 0 Å². The third kappa shape index (κ3) is 2.25. The number of benzene rings is 1. The maximum atomic E-state index is 11.4. The van der Waals surface area contributed by atoms with Gasteiger partial charge in [0.15, 0.2) is 0 Å². The van der Waals surface area contributed by atoms with Crippen molar-refractivity contribution >= 4 is 5.78 Å². The molecule has 0 radical (unpaired) electrons. The fourth-order valence-corrected chi connectivity index (χ4v) is 1.97. The number of hydrogen-bond acceptors (Lipinski definition) is 3. The highest BCUT2D eigenvalue weighted by Crippen LogP contribution is 2.33. The zero-order valence-corrected chi connectivity index (χ0v) is 9.66. The number of ether oxygens (including phenoxy) is 2. The molecule has 1 aliphatic rings. The standard InChI is InChI=1S/C13H16O3/c1-9-3-4-11(12(7-9)15-2)13-8-10(14)5-6-16-13/h3-4,7,13H,5-6,8H2,1-2H3. The maximum absolute atomic E-state index is 11.4. The summed E-state index contributed by atoms with van der Waals surface area (Å²) in [6, 6.07) is 5.97. The zero-order chi connectivity index (χ0) is 11.5. The highest BCUT2D eigenvalue weighted by Gasteiger charge is 2.24. The molecule has 0 N–H and O–H groups in total. The Morgan fingerprint density at radius 2 is 2.25 bits per heavy atom. The molecular weight excluding hydrogens is 204 g/mol. The van der Waals surface area contributed by atoms with Gasteiger partial charge in [-0.3, -0.25) is 4.79 Å². The SMILES string of the molecule is COc1cc(C)ccc1C1CC(=O)CCO1. The first-order valence-corrected chi connectivity index (χ1v) is 5.48. The molecule has 86 valence electrons. The number of rotatable bonds is 2. The van der Waals surface area contributed by atoms with Gasteiger partial charge in [0.1, 0.15) is 11.5 Å². The Kier molecular flexibility index (Phi) is 3.25. The van der Waals surface area contributed by atoms with Crippen LogP contribution in [0.15, 0.2) is 18.2 Å². The molecule has 1 atom stereocenters. The van der Waals surface area contributed by atoms with Crippen LogP contribution in [0.4, 0.5) is 0 Å². The van der Waals surface area contributed by atoms with Gasteiger partial charge in [0.05, 0.1) is 19.8 Å². The Bertz CT molecular complexity index is 398. The average Bonchev–Trinajstić information content (AvgIpc) is 2.28. The molecule has 0 saturated carbocycles. The van der Waals surface area contributed by atoms with Gasteiger partial charge < -0.3 is 9.47 Å². The number of methoxy groups -OCH3 is 1. The molecule has 3 heteroatoms. The number of carbonyl (C=O) groups is 1. The van der Waals surface area contributed by atoms with E-state index in [-0.39, 0.29) is 11.9 Å². The monoisotopic (exact) mass is 220 g/mol. The van der Waals surface area contributed by atoms with Crippen molar-refractivity contribution in [1.29, 1.82) is 0 Å². The maximum Gasteiger partial charge on any atom is 0.138 e. The van der Waals surface area contributed by atoms with E-state index in [1.165, 1.54) is 0 Å². The van der Waals surface area contributed by atoms with Gasteiger partial charge in [0.2, 0.25) is 0 Å². The van der Waals surface area contributed by atoms with Crippen LogP contribution in [0.3, 0.4) is 0 Å². The molecule has 1 heterocycles. The molecule has 1 saturated heterocycles. The molecule has 0 aromatic heterocycles. The van der Waals surface area contributed by atoms with Gasteiger partial charge >= 0.3 is 0 Å². The van der Waals surface area contributed by atoms with E-state index in [4.69, 9.17) is 9.47 Å². The largest absolute Gasteiger partial charge is 0.496 e. The van der Waals surface area contributed by atoms with Crippen LogP contribution in [0, 0.1) is 6.92 Å². The average molecular weight is 220 g/mol. The summed E-state index contributed by atoms with van der Waals surface area (Å²) in [7, 11) is 1.64. The van der Waals surface area contributed by atoms with Crippen LogP contribution in [-0.2, 0) is 9.53 Å². The van der Waals surface area contributed by atoms with E-state index < -0.39 is 0 Å². The van der Waals surface area contributed by atoms with Crippen molar-refractivity contribution in [2.45, 2.75) is 25.9 Å². The number of hydrogen-bond donors (Lipinski definition) is 0. The molecule has 0 spiro atoms. The van der Waals surface area contributed by atoms with E-state index in [0.29, 0.717) is 19.4 Å². The Morgan fingerprint density at radius 3 is 2.94 bits per heavy atom. The molecule has 0 amide bonds. The van der Waals surface area contributed by atoms with Crippen molar-refractivity contribution in [3.63, 3.8) is 0 Å². The molecule has 1 aromatic carbocycles. The summed E-state index contributed by atoms with van der Waals surface area (Å²) in [5, 5.41) is 0. The van der Waals surface area contributed by atoms with Gasteiger partial charge in [-0.25, -0.2) is 0 Å². The lowest BCUT2D eigenvalue weighted by molar-refractivity contribution is -0.128. The second-order valence-electron chi connectivity index (χ2n) is 4.10. The van der Waals surface area contributed by atoms with E-state index in [1.807, 2.05) is 25.1 Å². The highest BCUT2D eigenvalue weighted by atomic mass is 16.5. The Labute approximate surface area is 95.4 Å². The smallest absolute Gasteiger partial charge is 0.138 e. The van der Waals surface area contributed by atoms with Crippen molar-refractivity contribution in [1.82, 2.24) is 0 Å². The van der Waals surface area contributed by atoms with Crippen LogP contribution in [0.2, 0.25) is 0 Å². The van der Waals surface area contributed by atoms with Crippen LogP contribution in [0.5, 0.6) is 5.75 Å². The lowest BCUT2D eigenvalue weighted by Crippen LogP contribution is -2.19. The van der Waals surface area contributed by atoms with E-state index in [0.717, 1.165) is 16.9 Å². The van der Waals surface area contributed by atoms with Crippen molar-refractivity contribution in [3.8, 4) is 5.75 Å².